The van der Waals surface area contributed by atoms with E-state index in [1.165, 1.54) is 3.97 Å². The van der Waals surface area contributed by atoms with Crippen LogP contribution in [0.4, 0.5) is 0 Å². The third-order valence-electron chi connectivity index (χ3n) is 6.02. The van der Waals surface area contributed by atoms with Crippen LogP contribution in [-0.4, -0.2) is 36.7 Å². The summed E-state index contributed by atoms with van der Waals surface area (Å²) in [6.45, 7) is 2.76. The highest BCUT2D eigenvalue weighted by Crippen LogP contribution is 2.36. The van der Waals surface area contributed by atoms with Crippen molar-refractivity contribution >= 4 is 32.0 Å². The predicted octanol–water partition coefficient (Wildman–Crippen LogP) is 3.28. The second kappa shape index (κ2) is 6.27. The third kappa shape index (κ3) is 2.53. The molecule has 4 aromatic heterocycles. The Kier molecular flexibility index (Phi) is 3.71. The van der Waals surface area contributed by atoms with Crippen molar-refractivity contribution in [3.05, 3.63) is 60.3 Å². The van der Waals surface area contributed by atoms with Gasteiger partial charge in [0.25, 0.3) is 10.0 Å². The highest BCUT2D eigenvalue weighted by atomic mass is 32.2. The van der Waals surface area contributed by atoms with Crippen LogP contribution in [0.2, 0.25) is 0 Å². The van der Waals surface area contributed by atoms with E-state index in [2.05, 4.69) is 19.6 Å². The van der Waals surface area contributed by atoms with Gasteiger partial charge in [-0.1, -0.05) is 17.7 Å². The van der Waals surface area contributed by atoms with E-state index >= 15 is 0 Å². The minimum Gasteiger partial charge on any atom is -0.327 e. The van der Waals surface area contributed by atoms with Crippen molar-refractivity contribution in [1.82, 2.24) is 28.3 Å². The molecule has 0 radical (unpaired) electrons. The second-order valence-electron chi connectivity index (χ2n) is 7.99. The van der Waals surface area contributed by atoms with Crippen LogP contribution in [0.25, 0.3) is 33.3 Å². The lowest BCUT2D eigenvalue weighted by molar-refractivity contribution is 0.589. The van der Waals surface area contributed by atoms with Gasteiger partial charge in [-0.05, 0) is 31.5 Å². The van der Waals surface area contributed by atoms with Crippen molar-refractivity contribution in [3.8, 4) is 11.4 Å². The largest absolute Gasteiger partial charge is 0.327 e. The van der Waals surface area contributed by atoms with E-state index in [1.54, 1.807) is 35.4 Å². The molecule has 1 aliphatic heterocycles. The van der Waals surface area contributed by atoms with Crippen molar-refractivity contribution < 1.29 is 8.42 Å². The van der Waals surface area contributed by atoms with Crippen molar-refractivity contribution in [2.75, 3.05) is 0 Å². The fourth-order valence-electron chi connectivity index (χ4n) is 4.49. The Morgan fingerprint density at radius 2 is 1.81 bits per heavy atom. The molecule has 0 bridgehead atoms. The second-order valence-corrected chi connectivity index (χ2v) is 9.78. The quantitative estimate of drug-likeness (QED) is 0.437. The summed E-state index contributed by atoms with van der Waals surface area (Å²) in [5.41, 5.74) is 3.60. The monoisotopic (exact) mass is 432 g/mol. The summed E-state index contributed by atoms with van der Waals surface area (Å²) < 4.78 is 33.0. The number of benzene rings is 1. The number of aromatic nitrogens is 6. The molecule has 0 saturated heterocycles. The minimum atomic E-state index is -3.89. The molecule has 0 N–H and O–H groups in total. The Morgan fingerprint density at radius 3 is 2.61 bits per heavy atom. The molecular formula is C22H20N6O2S. The highest BCUT2D eigenvalue weighted by Gasteiger charge is 2.29. The number of fused-ring (bicyclic) bond motifs is 4. The number of nitrogens with zero attached hydrogens (tertiary/aromatic N) is 6. The third-order valence-corrected chi connectivity index (χ3v) is 7.74. The first-order valence-corrected chi connectivity index (χ1v) is 11.6. The van der Waals surface area contributed by atoms with E-state index in [4.69, 9.17) is 0 Å². The molecule has 31 heavy (non-hydrogen) atoms. The van der Waals surface area contributed by atoms with Crippen LogP contribution in [0.15, 0.2) is 53.8 Å². The lowest BCUT2D eigenvalue weighted by Gasteiger charge is -2.12. The molecule has 1 aliphatic rings. The normalized spacial score (nSPS) is 14.0. The Labute approximate surface area is 178 Å². The summed E-state index contributed by atoms with van der Waals surface area (Å²) in [5, 5.41) is 5.95. The zero-order valence-electron chi connectivity index (χ0n) is 17.1. The molecular weight excluding hydrogens is 412 g/mol. The fourth-order valence-corrected chi connectivity index (χ4v) is 5.96. The van der Waals surface area contributed by atoms with Gasteiger partial charge in [-0.2, -0.15) is 5.10 Å². The summed E-state index contributed by atoms with van der Waals surface area (Å²) in [4.78, 5) is 9.32. The molecule has 0 unspecified atom stereocenters. The number of pyridine rings is 1. The van der Waals surface area contributed by atoms with Crippen LogP contribution >= 0.6 is 0 Å². The zero-order chi connectivity index (χ0) is 21.3. The lowest BCUT2D eigenvalue weighted by Crippen LogP contribution is -2.15. The Morgan fingerprint density at radius 1 is 1.00 bits per heavy atom. The van der Waals surface area contributed by atoms with Gasteiger partial charge < -0.3 is 4.57 Å². The molecule has 0 spiro atoms. The van der Waals surface area contributed by atoms with Crippen molar-refractivity contribution in [1.29, 1.82) is 0 Å². The lowest BCUT2D eigenvalue weighted by atomic mass is 10.2. The number of rotatable bonds is 3. The van der Waals surface area contributed by atoms with Gasteiger partial charge in [0.2, 0.25) is 0 Å². The first kappa shape index (κ1) is 18.3. The van der Waals surface area contributed by atoms with Crippen LogP contribution in [0.5, 0.6) is 0 Å². The molecule has 0 atom stereocenters. The summed E-state index contributed by atoms with van der Waals surface area (Å²) >= 11 is 0. The summed E-state index contributed by atoms with van der Waals surface area (Å²) in [5.74, 6) is 0.984. The molecule has 0 aliphatic carbocycles. The summed E-state index contributed by atoms with van der Waals surface area (Å²) in [6.07, 6.45) is 7.09. The van der Waals surface area contributed by atoms with Crippen LogP contribution in [0.1, 0.15) is 17.8 Å². The van der Waals surface area contributed by atoms with Gasteiger partial charge in [0.15, 0.2) is 5.65 Å². The maximum atomic E-state index is 13.9. The molecule has 1 aromatic carbocycles. The SMILES string of the molecule is Cc1ccc(S(=O)(=O)n2c(-c3cnc4n3CCC4)cc3c4c(cnc32)cnn4C)cc1. The standard InChI is InChI=1S/C22H20N6O2S/c1-14-5-7-16(8-6-14)31(29,30)28-18(19-13-23-20-4-3-9-27(19)20)10-17-21-15(11-24-22(17)28)12-25-26(21)2/h5-8,10-13H,3-4,9H2,1-2H3. The molecule has 6 rings (SSSR count). The molecule has 0 fully saturated rings. The molecule has 0 saturated carbocycles. The molecule has 5 aromatic rings. The Hall–Kier alpha value is -3.46. The topological polar surface area (TPSA) is 87.6 Å². The van der Waals surface area contributed by atoms with Gasteiger partial charge in [-0.25, -0.2) is 22.4 Å². The molecule has 156 valence electrons. The smallest absolute Gasteiger partial charge is 0.269 e. The summed E-state index contributed by atoms with van der Waals surface area (Å²) in [7, 11) is -2.04. The van der Waals surface area contributed by atoms with Crippen LogP contribution in [-0.2, 0) is 30.0 Å². The zero-order valence-corrected chi connectivity index (χ0v) is 18.0. The van der Waals surface area contributed by atoms with Gasteiger partial charge in [0.05, 0.1) is 34.2 Å². The van der Waals surface area contributed by atoms with E-state index in [-0.39, 0.29) is 4.90 Å². The van der Waals surface area contributed by atoms with Crippen molar-refractivity contribution in [2.45, 2.75) is 31.2 Å². The highest BCUT2D eigenvalue weighted by molar-refractivity contribution is 7.90. The number of aryl methyl sites for hydroxylation is 3. The van der Waals surface area contributed by atoms with Gasteiger partial charge >= 0.3 is 0 Å². The first-order valence-electron chi connectivity index (χ1n) is 10.1. The Balaban J connectivity index is 1.73. The van der Waals surface area contributed by atoms with Crippen LogP contribution in [0.3, 0.4) is 0 Å². The number of imidazole rings is 1. The van der Waals surface area contributed by atoms with Gasteiger partial charge in [-0.15, -0.1) is 0 Å². The molecule has 9 heteroatoms. The van der Waals surface area contributed by atoms with Gasteiger partial charge in [0.1, 0.15) is 5.82 Å². The van der Waals surface area contributed by atoms with E-state index in [0.29, 0.717) is 11.3 Å². The van der Waals surface area contributed by atoms with E-state index in [0.717, 1.165) is 52.8 Å². The predicted molar refractivity (Wildman–Crippen MR) is 117 cm³/mol. The van der Waals surface area contributed by atoms with Crippen molar-refractivity contribution in [3.63, 3.8) is 0 Å². The maximum Gasteiger partial charge on any atom is 0.269 e. The molecule has 0 amide bonds. The van der Waals surface area contributed by atoms with E-state index in [9.17, 15) is 8.42 Å². The molecule has 8 nitrogen and oxygen atoms in total. The van der Waals surface area contributed by atoms with Crippen LogP contribution < -0.4 is 0 Å². The summed E-state index contributed by atoms with van der Waals surface area (Å²) in [6, 6.07) is 8.80. The van der Waals surface area contributed by atoms with Crippen molar-refractivity contribution in [2.24, 2.45) is 7.05 Å². The molecule has 5 heterocycles. The maximum absolute atomic E-state index is 13.9. The first-order chi connectivity index (χ1) is 14.9. The Bertz CT molecular complexity index is 1590. The van der Waals surface area contributed by atoms with Crippen LogP contribution in [0, 0.1) is 6.92 Å². The number of hydrogen-bond acceptors (Lipinski definition) is 5. The van der Waals surface area contributed by atoms with E-state index < -0.39 is 10.0 Å². The fraction of sp³-hybridized carbons (Fsp3) is 0.227. The average molecular weight is 433 g/mol. The van der Waals surface area contributed by atoms with E-state index in [1.807, 2.05) is 32.2 Å². The minimum absolute atomic E-state index is 0.227. The van der Waals surface area contributed by atoms with Gasteiger partial charge in [-0.3, -0.25) is 4.68 Å². The van der Waals surface area contributed by atoms with Gasteiger partial charge in [0, 0.05) is 37.0 Å². The average Bonchev–Trinajstić information content (AvgIpc) is 3.50. The number of hydrogen-bond donors (Lipinski definition) is 0.